The third kappa shape index (κ3) is 5.08. The van der Waals surface area contributed by atoms with Crippen LogP contribution in [0, 0.1) is 0 Å². The molecule has 0 aromatic carbocycles. The van der Waals surface area contributed by atoms with Crippen LogP contribution in [0.5, 0.6) is 0 Å². The Morgan fingerprint density at radius 2 is 2.05 bits per heavy atom. The monoisotopic (exact) mass is 292 g/mol. The van der Waals surface area contributed by atoms with Gasteiger partial charge in [-0.15, -0.1) is 0 Å². The van der Waals surface area contributed by atoms with Gasteiger partial charge in [0.25, 0.3) is 5.82 Å². The summed E-state index contributed by atoms with van der Waals surface area (Å²) in [6.45, 7) is 2.98. The van der Waals surface area contributed by atoms with Crippen molar-refractivity contribution < 1.29 is 27.3 Å². The second kappa shape index (κ2) is 6.68. The lowest BCUT2D eigenvalue weighted by Crippen LogP contribution is -2.29. The Morgan fingerprint density at radius 3 is 2.60 bits per heavy atom. The van der Waals surface area contributed by atoms with E-state index in [-0.39, 0.29) is 25.4 Å². The van der Waals surface area contributed by atoms with Crippen molar-refractivity contribution in [2.24, 2.45) is 0 Å². The summed E-state index contributed by atoms with van der Waals surface area (Å²) in [6.07, 6.45) is -3.68. The molecule has 7 nitrogen and oxygen atoms in total. The van der Waals surface area contributed by atoms with Gasteiger partial charge in [0.2, 0.25) is 17.7 Å². The predicted octanol–water partition coefficient (Wildman–Crippen LogP) is 0.397. The first-order valence-electron chi connectivity index (χ1n) is 5.39. The lowest BCUT2D eigenvalue weighted by Gasteiger charge is -2.03. The lowest BCUT2D eigenvalue weighted by molar-refractivity contribution is -0.146. The molecule has 0 aliphatic heterocycles. The highest BCUT2D eigenvalue weighted by Crippen LogP contribution is 2.26. The summed E-state index contributed by atoms with van der Waals surface area (Å²) < 4.78 is 40.8. The molecule has 2 amide bonds. The number of alkyl halides is 3. The molecule has 0 spiro atoms. The average molecular weight is 292 g/mol. The van der Waals surface area contributed by atoms with E-state index in [1.165, 1.54) is 0 Å². The summed E-state index contributed by atoms with van der Waals surface area (Å²) >= 11 is 0. The van der Waals surface area contributed by atoms with Crippen LogP contribution in [0.3, 0.4) is 0 Å². The van der Waals surface area contributed by atoms with E-state index in [0.29, 0.717) is 0 Å². The SMILES string of the molecule is C=CC(=O)NCCC(=O)NCc1nc(C(F)(F)F)no1. The fourth-order valence-corrected chi connectivity index (χ4v) is 1.08. The number of nitrogens with zero attached hydrogens (tertiary/aromatic N) is 2. The lowest BCUT2D eigenvalue weighted by atomic mass is 10.4. The van der Waals surface area contributed by atoms with Crippen LogP contribution in [0.4, 0.5) is 13.2 Å². The van der Waals surface area contributed by atoms with Crippen LogP contribution in [-0.2, 0) is 22.3 Å². The van der Waals surface area contributed by atoms with Crippen LogP contribution in [0.1, 0.15) is 18.1 Å². The number of aromatic nitrogens is 2. The highest BCUT2D eigenvalue weighted by molar-refractivity contribution is 5.87. The Balaban J connectivity index is 2.32. The van der Waals surface area contributed by atoms with E-state index >= 15 is 0 Å². The fourth-order valence-electron chi connectivity index (χ4n) is 1.08. The molecule has 0 aliphatic rings. The maximum atomic E-state index is 12.2. The minimum absolute atomic E-state index is 0.0418. The molecule has 0 aliphatic carbocycles. The summed E-state index contributed by atoms with van der Waals surface area (Å²) in [5.74, 6) is -2.67. The van der Waals surface area contributed by atoms with Crippen LogP contribution in [-0.4, -0.2) is 28.5 Å². The number of rotatable bonds is 6. The number of amides is 2. The Morgan fingerprint density at radius 1 is 1.35 bits per heavy atom. The molecule has 0 bridgehead atoms. The van der Waals surface area contributed by atoms with E-state index in [2.05, 4.69) is 31.9 Å². The number of hydrogen-bond acceptors (Lipinski definition) is 5. The van der Waals surface area contributed by atoms with Crippen molar-refractivity contribution >= 4 is 11.8 Å². The Labute approximate surface area is 111 Å². The number of nitrogens with one attached hydrogen (secondary N) is 2. The number of carbonyl (C=O) groups is 2. The topological polar surface area (TPSA) is 97.1 Å². The Kier molecular flexibility index (Phi) is 5.23. The van der Waals surface area contributed by atoms with E-state index < -0.39 is 23.8 Å². The molecule has 2 N–H and O–H groups in total. The van der Waals surface area contributed by atoms with E-state index in [9.17, 15) is 22.8 Å². The van der Waals surface area contributed by atoms with E-state index in [1.807, 2.05) is 0 Å². The molecule has 0 fully saturated rings. The van der Waals surface area contributed by atoms with E-state index in [0.717, 1.165) is 6.08 Å². The number of hydrogen-bond donors (Lipinski definition) is 2. The summed E-state index contributed by atoms with van der Waals surface area (Å²) in [7, 11) is 0. The second-order valence-electron chi connectivity index (χ2n) is 3.53. The molecule has 1 heterocycles. The van der Waals surface area contributed by atoms with Gasteiger partial charge in [0.05, 0.1) is 6.54 Å². The van der Waals surface area contributed by atoms with E-state index in [1.54, 1.807) is 0 Å². The van der Waals surface area contributed by atoms with Crippen molar-refractivity contribution in [2.45, 2.75) is 19.1 Å². The van der Waals surface area contributed by atoms with Crippen LogP contribution >= 0.6 is 0 Å². The number of carbonyl (C=O) groups excluding carboxylic acids is 2. The molecule has 0 atom stereocenters. The van der Waals surface area contributed by atoms with Crippen molar-refractivity contribution in [3.8, 4) is 0 Å². The van der Waals surface area contributed by atoms with Gasteiger partial charge >= 0.3 is 6.18 Å². The molecule has 0 radical (unpaired) electrons. The fraction of sp³-hybridized carbons (Fsp3) is 0.400. The molecule has 110 valence electrons. The van der Waals surface area contributed by atoms with Crippen molar-refractivity contribution in [1.29, 1.82) is 0 Å². The number of halogens is 3. The highest BCUT2D eigenvalue weighted by Gasteiger charge is 2.37. The quantitative estimate of drug-likeness (QED) is 0.740. The molecule has 1 rings (SSSR count). The van der Waals surface area contributed by atoms with Gasteiger partial charge in [0, 0.05) is 13.0 Å². The van der Waals surface area contributed by atoms with Crippen LogP contribution < -0.4 is 10.6 Å². The zero-order valence-electron chi connectivity index (χ0n) is 10.2. The van der Waals surface area contributed by atoms with Gasteiger partial charge in [-0.3, -0.25) is 9.59 Å². The maximum absolute atomic E-state index is 12.2. The molecule has 10 heteroatoms. The largest absolute Gasteiger partial charge is 0.455 e. The smallest absolute Gasteiger partial charge is 0.352 e. The van der Waals surface area contributed by atoms with Crippen LogP contribution in [0.2, 0.25) is 0 Å². The first-order valence-corrected chi connectivity index (χ1v) is 5.39. The summed E-state index contributed by atoms with van der Waals surface area (Å²) in [5, 5.41) is 7.37. The summed E-state index contributed by atoms with van der Waals surface area (Å²) in [4.78, 5) is 25.1. The third-order valence-corrected chi connectivity index (χ3v) is 2.00. The van der Waals surface area contributed by atoms with Gasteiger partial charge in [0.1, 0.15) is 0 Å². The first kappa shape index (κ1) is 15.7. The average Bonchev–Trinajstić information content (AvgIpc) is 2.84. The molecule has 1 aromatic rings. The van der Waals surface area contributed by atoms with Crippen molar-refractivity contribution in [3.05, 3.63) is 24.4 Å². The third-order valence-electron chi connectivity index (χ3n) is 2.00. The van der Waals surface area contributed by atoms with Gasteiger partial charge in [-0.05, 0) is 6.08 Å². The zero-order chi connectivity index (χ0) is 15.2. The summed E-state index contributed by atoms with van der Waals surface area (Å²) in [6, 6.07) is 0. The van der Waals surface area contributed by atoms with E-state index in [4.69, 9.17) is 0 Å². The second-order valence-corrected chi connectivity index (χ2v) is 3.53. The molecule has 0 unspecified atom stereocenters. The standard InChI is InChI=1S/C10H11F3N4O3/c1-2-6(18)14-4-3-7(19)15-5-8-16-9(17-20-8)10(11,12)13/h2H,1,3-5H2,(H,14,18)(H,15,19). The van der Waals surface area contributed by atoms with Gasteiger partial charge < -0.3 is 15.2 Å². The molecular weight excluding hydrogens is 281 g/mol. The van der Waals surface area contributed by atoms with Gasteiger partial charge in [-0.25, -0.2) is 0 Å². The van der Waals surface area contributed by atoms with Gasteiger partial charge in [0.15, 0.2) is 0 Å². The first-order chi connectivity index (χ1) is 9.32. The minimum Gasteiger partial charge on any atom is -0.352 e. The van der Waals surface area contributed by atoms with Gasteiger partial charge in [-0.2, -0.15) is 18.2 Å². The molecule has 0 saturated carbocycles. The normalized spacial score (nSPS) is 10.9. The van der Waals surface area contributed by atoms with Crippen molar-refractivity contribution in [3.63, 3.8) is 0 Å². The minimum atomic E-state index is -4.69. The molecule has 0 saturated heterocycles. The van der Waals surface area contributed by atoms with Gasteiger partial charge in [-0.1, -0.05) is 11.7 Å². The Bertz CT molecular complexity index is 498. The van der Waals surface area contributed by atoms with Crippen molar-refractivity contribution in [1.82, 2.24) is 20.8 Å². The van der Waals surface area contributed by atoms with Crippen LogP contribution in [0.25, 0.3) is 0 Å². The summed E-state index contributed by atoms with van der Waals surface area (Å²) in [5.41, 5.74) is 0. The predicted molar refractivity (Wildman–Crippen MR) is 59.0 cm³/mol. The molecule has 1 aromatic heterocycles. The maximum Gasteiger partial charge on any atom is 0.455 e. The zero-order valence-corrected chi connectivity index (χ0v) is 10.2. The van der Waals surface area contributed by atoms with Crippen LogP contribution in [0.15, 0.2) is 17.2 Å². The van der Waals surface area contributed by atoms with Crippen molar-refractivity contribution in [2.75, 3.05) is 6.54 Å². The Hall–Kier alpha value is -2.39. The molecule has 20 heavy (non-hydrogen) atoms. The highest BCUT2D eigenvalue weighted by atomic mass is 19.4. The molecular formula is C10H11F3N4O3.